The molecule has 2 aromatic rings. The molecule has 1 unspecified atom stereocenters. The van der Waals surface area contributed by atoms with Gasteiger partial charge in [-0.3, -0.25) is 0 Å². The van der Waals surface area contributed by atoms with E-state index < -0.39 is 0 Å². The summed E-state index contributed by atoms with van der Waals surface area (Å²) in [6.45, 7) is 2.74. The van der Waals surface area contributed by atoms with Gasteiger partial charge in [-0.05, 0) is 28.7 Å². The molecule has 3 rings (SSSR count). The maximum Gasteiger partial charge on any atom is 0.0664 e. The molecule has 1 atom stereocenters. The lowest BCUT2D eigenvalue weighted by atomic mass is 10.0. The average Bonchev–Trinajstić information content (AvgIpc) is 2.80. The molecule has 2 N–H and O–H groups in total. The van der Waals surface area contributed by atoms with Gasteiger partial charge in [0.1, 0.15) is 0 Å². The molecule has 20 heavy (non-hydrogen) atoms. The summed E-state index contributed by atoms with van der Waals surface area (Å²) in [6.07, 6.45) is 1.60. The lowest BCUT2D eigenvalue weighted by Crippen LogP contribution is -2.30. The molecule has 0 saturated heterocycles. The molecule has 0 radical (unpaired) electrons. The van der Waals surface area contributed by atoms with Crippen LogP contribution in [-0.4, -0.2) is 17.8 Å². The number of fused-ring (bicyclic) bond motifs is 3. The van der Waals surface area contributed by atoms with Crippen LogP contribution in [0.1, 0.15) is 36.9 Å². The Hall–Kier alpha value is -1.64. The van der Waals surface area contributed by atoms with Gasteiger partial charge < -0.3 is 10.4 Å². The Kier molecular flexibility index (Phi) is 3.86. The molecule has 2 aromatic carbocycles. The van der Waals surface area contributed by atoms with E-state index in [9.17, 15) is 5.11 Å². The van der Waals surface area contributed by atoms with Gasteiger partial charge in [0.2, 0.25) is 0 Å². The monoisotopic (exact) mass is 267 g/mol. The van der Waals surface area contributed by atoms with Crippen LogP contribution in [0.5, 0.6) is 0 Å². The summed E-state index contributed by atoms with van der Waals surface area (Å²) in [5.74, 6) is 0. The zero-order chi connectivity index (χ0) is 13.9. The van der Waals surface area contributed by atoms with Crippen molar-refractivity contribution in [2.24, 2.45) is 0 Å². The van der Waals surface area contributed by atoms with E-state index in [0.29, 0.717) is 6.54 Å². The van der Waals surface area contributed by atoms with Gasteiger partial charge in [0.25, 0.3) is 0 Å². The molecule has 0 aliphatic heterocycles. The summed E-state index contributed by atoms with van der Waals surface area (Å²) >= 11 is 0. The Morgan fingerprint density at radius 3 is 2.10 bits per heavy atom. The van der Waals surface area contributed by atoms with Crippen molar-refractivity contribution < 1.29 is 5.11 Å². The highest BCUT2D eigenvalue weighted by Gasteiger charge is 2.27. The van der Waals surface area contributed by atoms with E-state index in [0.717, 1.165) is 12.8 Å². The molecule has 0 fully saturated rings. The van der Waals surface area contributed by atoms with E-state index in [2.05, 4.69) is 60.8 Å². The third-order valence-corrected chi connectivity index (χ3v) is 4.01. The zero-order valence-electron chi connectivity index (χ0n) is 11.8. The molecular formula is C18H21NO. The molecular weight excluding hydrogens is 246 g/mol. The lowest BCUT2D eigenvalue weighted by molar-refractivity contribution is 0.158. The summed E-state index contributed by atoms with van der Waals surface area (Å²) in [4.78, 5) is 0. The van der Waals surface area contributed by atoms with Crippen molar-refractivity contribution in [2.45, 2.75) is 31.9 Å². The van der Waals surface area contributed by atoms with Gasteiger partial charge in [-0.25, -0.2) is 0 Å². The van der Waals surface area contributed by atoms with Crippen LogP contribution in [0, 0.1) is 0 Å². The predicted molar refractivity (Wildman–Crippen MR) is 82.6 cm³/mol. The minimum absolute atomic E-state index is 0.203. The number of hydrogen-bond donors (Lipinski definition) is 2. The average molecular weight is 267 g/mol. The van der Waals surface area contributed by atoms with Crippen molar-refractivity contribution in [3.8, 4) is 11.1 Å². The minimum Gasteiger partial charge on any atom is -0.392 e. The highest BCUT2D eigenvalue weighted by Crippen LogP contribution is 2.42. The largest absolute Gasteiger partial charge is 0.392 e. The molecule has 2 nitrogen and oxygen atoms in total. The smallest absolute Gasteiger partial charge is 0.0664 e. The molecule has 0 spiro atoms. The second-order valence-corrected chi connectivity index (χ2v) is 5.46. The van der Waals surface area contributed by atoms with E-state index in [-0.39, 0.29) is 12.1 Å². The van der Waals surface area contributed by atoms with Crippen LogP contribution in [-0.2, 0) is 0 Å². The van der Waals surface area contributed by atoms with Gasteiger partial charge in [0.15, 0.2) is 0 Å². The number of benzene rings is 2. The summed E-state index contributed by atoms with van der Waals surface area (Å²) in [6, 6.07) is 17.3. The molecule has 0 amide bonds. The fourth-order valence-electron chi connectivity index (χ4n) is 3.06. The number of hydrogen-bond acceptors (Lipinski definition) is 2. The van der Waals surface area contributed by atoms with E-state index in [1.54, 1.807) is 0 Å². The number of rotatable bonds is 5. The van der Waals surface area contributed by atoms with Crippen molar-refractivity contribution in [1.29, 1.82) is 0 Å². The topological polar surface area (TPSA) is 32.3 Å². The minimum atomic E-state index is -0.264. The molecule has 104 valence electrons. The first kappa shape index (κ1) is 13.3. The molecule has 0 saturated carbocycles. The van der Waals surface area contributed by atoms with Gasteiger partial charge >= 0.3 is 0 Å². The third kappa shape index (κ3) is 2.37. The normalized spacial score (nSPS) is 14.9. The first-order valence-corrected chi connectivity index (χ1v) is 7.41. The van der Waals surface area contributed by atoms with Crippen LogP contribution in [0.2, 0.25) is 0 Å². The van der Waals surface area contributed by atoms with Crippen molar-refractivity contribution >= 4 is 0 Å². The number of aliphatic hydroxyl groups excluding tert-OH is 1. The fourth-order valence-corrected chi connectivity index (χ4v) is 3.06. The zero-order valence-corrected chi connectivity index (χ0v) is 11.8. The summed E-state index contributed by atoms with van der Waals surface area (Å²) in [7, 11) is 0. The quantitative estimate of drug-likeness (QED) is 0.869. The van der Waals surface area contributed by atoms with Crippen molar-refractivity contribution in [2.75, 3.05) is 6.54 Å². The van der Waals surface area contributed by atoms with Crippen molar-refractivity contribution in [3.05, 3.63) is 59.7 Å². The van der Waals surface area contributed by atoms with Crippen LogP contribution in [0.15, 0.2) is 48.5 Å². The standard InChI is InChI=1S/C18H21NO/c1-2-7-13(20)12-19-18-16-10-5-3-8-14(16)15-9-4-6-11-17(15)18/h3-6,8-11,13,18-20H,2,7,12H2,1H3. The second-order valence-electron chi connectivity index (χ2n) is 5.46. The molecule has 2 heteroatoms. The van der Waals surface area contributed by atoms with E-state index in [1.165, 1.54) is 22.3 Å². The molecule has 0 bridgehead atoms. The summed E-state index contributed by atoms with van der Waals surface area (Å²) in [5, 5.41) is 13.5. The van der Waals surface area contributed by atoms with Gasteiger partial charge in [0.05, 0.1) is 12.1 Å². The fraction of sp³-hybridized carbons (Fsp3) is 0.333. The SMILES string of the molecule is CCCC(O)CNC1c2ccccc2-c2ccccc21. The Labute approximate surface area is 120 Å². The van der Waals surface area contributed by atoms with Crippen LogP contribution < -0.4 is 5.32 Å². The molecule has 1 aliphatic rings. The van der Waals surface area contributed by atoms with Crippen LogP contribution in [0.3, 0.4) is 0 Å². The van der Waals surface area contributed by atoms with E-state index >= 15 is 0 Å². The van der Waals surface area contributed by atoms with Crippen molar-refractivity contribution in [1.82, 2.24) is 5.32 Å². The highest BCUT2D eigenvalue weighted by molar-refractivity contribution is 5.78. The Balaban J connectivity index is 1.87. The maximum absolute atomic E-state index is 9.94. The number of nitrogens with one attached hydrogen (secondary N) is 1. The highest BCUT2D eigenvalue weighted by atomic mass is 16.3. The first-order chi connectivity index (χ1) is 9.81. The molecule has 0 aromatic heterocycles. The third-order valence-electron chi connectivity index (χ3n) is 4.01. The Morgan fingerprint density at radius 2 is 1.55 bits per heavy atom. The second kappa shape index (κ2) is 5.78. The molecule has 1 aliphatic carbocycles. The molecule has 0 heterocycles. The Morgan fingerprint density at radius 1 is 1.00 bits per heavy atom. The van der Waals surface area contributed by atoms with Crippen LogP contribution >= 0.6 is 0 Å². The van der Waals surface area contributed by atoms with E-state index in [4.69, 9.17) is 0 Å². The van der Waals surface area contributed by atoms with Crippen LogP contribution in [0.4, 0.5) is 0 Å². The first-order valence-electron chi connectivity index (χ1n) is 7.41. The Bertz CT molecular complexity index is 548. The summed E-state index contributed by atoms with van der Waals surface area (Å²) < 4.78 is 0. The predicted octanol–water partition coefficient (Wildman–Crippen LogP) is 3.51. The van der Waals surface area contributed by atoms with Gasteiger partial charge in [0, 0.05) is 6.54 Å². The van der Waals surface area contributed by atoms with Gasteiger partial charge in [-0.1, -0.05) is 61.9 Å². The van der Waals surface area contributed by atoms with Gasteiger partial charge in [-0.15, -0.1) is 0 Å². The van der Waals surface area contributed by atoms with Crippen LogP contribution in [0.25, 0.3) is 11.1 Å². The van der Waals surface area contributed by atoms with Gasteiger partial charge in [-0.2, -0.15) is 0 Å². The maximum atomic E-state index is 9.94. The lowest BCUT2D eigenvalue weighted by Gasteiger charge is -2.18. The summed E-state index contributed by atoms with van der Waals surface area (Å²) in [5.41, 5.74) is 5.26. The van der Waals surface area contributed by atoms with Crippen molar-refractivity contribution in [3.63, 3.8) is 0 Å². The van der Waals surface area contributed by atoms with E-state index in [1.807, 2.05) is 0 Å². The number of aliphatic hydroxyl groups is 1.